The van der Waals surface area contributed by atoms with Gasteiger partial charge >= 0.3 is 0 Å². The highest BCUT2D eigenvalue weighted by Crippen LogP contribution is 2.19. The second-order valence-electron chi connectivity index (χ2n) is 4.30. The molecule has 1 aliphatic heterocycles. The van der Waals surface area contributed by atoms with Crippen LogP contribution in [0.25, 0.3) is 0 Å². The van der Waals surface area contributed by atoms with Crippen LogP contribution in [-0.4, -0.2) is 28.4 Å². The van der Waals surface area contributed by atoms with Crippen LogP contribution < -0.4 is 10.6 Å². The number of anilines is 1. The van der Waals surface area contributed by atoms with Gasteiger partial charge in [-0.05, 0) is 19.4 Å². The minimum absolute atomic E-state index is 0.00900. The summed E-state index contributed by atoms with van der Waals surface area (Å²) >= 11 is 0. The number of carbonyl (C=O) groups is 1. The van der Waals surface area contributed by atoms with Crippen molar-refractivity contribution in [2.45, 2.75) is 25.8 Å². The van der Waals surface area contributed by atoms with E-state index in [9.17, 15) is 14.9 Å². The lowest BCUT2D eigenvalue weighted by molar-refractivity contribution is -0.385. The van der Waals surface area contributed by atoms with Gasteiger partial charge in [0.15, 0.2) is 0 Å². The molecule has 1 aromatic rings. The van der Waals surface area contributed by atoms with Gasteiger partial charge in [0.2, 0.25) is 5.91 Å². The Morgan fingerprint density at radius 2 is 2.44 bits per heavy atom. The number of carbonyl (C=O) groups excluding carboxylic acids is 1. The molecule has 1 saturated heterocycles. The SMILES string of the molecule is Cc1cc(NCC2CCC(=O)N2)ncc1[N+](=O)[O-]. The summed E-state index contributed by atoms with van der Waals surface area (Å²) in [5.74, 6) is 0.647. The van der Waals surface area contributed by atoms with E-state index < -0.39 is 4.92 Å². The van der Waals surface area contributed by atoms with Gasteiger partial charge in [-0.1, -0.05) is 0 Å². The standard InChI is InChI=1S/C11H14N4O3/c1-7-4-10(13-6-9(7)15(17)18)12-5-8-2-3-11(16)14-8/h4,6,8H,2-3,5H2,1H3,(H,12,13)(H,14,16). The van der Waals surface area contributed by atoms with E-state index in [4.69, 9.17) is 0 Å². The van der Waals surface area contributed by atoms with Gasteiger partial charge in [-0.3, -0.25) is 14.9 Å². The highest BCUT2D eigenvalue weighted by molar-refractivity contribution is 5.78. The summed E-state index contributed by atoms with van der Waals surface area (Å²) in [5.41, 5.74) is 0.572. The summed E-state index contributed by atoms with van der Waals surface area (Å²) in [6, 6.07) is 1.74. The minimum atomic E-state index is -0.455. The summed E-state index contributed by atoms with van der Waals surface area (Å²) in [6.07, 6.45) is 2.60. The second kappa shape index (κ2) is 4.99. The number of nitrogens with zero attached hydrogens (tertiary/aromatic N) is 2. The zero-order valence-electron chi connectivity index (χ0n) is 9.97. The molecule has 7 nitrogen and oxygen atoms in total. The van der Waals surface area contributed by atoms with Gasteiger partial charge in [0, 0.05) is 24.6 Å². The molecule has 1 amide bonds. The summed E-state index contributed by atoms with van der Waals surface area (Å²) in [4.78, 5) is 25.2. The molecule has 18 heavy (non-hydrogen) atoms. The molecule has 1 aliphatic rings. The Kier molecular flexibility index (Phi) is 3.40. The Labute approximate surface area is 104 Å². The fraction of sp³-hybridized carbons (Fsp3) is 0.455. The normalized spacial score (nSPS) is 18.5. The Morgan fingerprint density at radius 3 is 3.00 bits per heavy atom. The number of nitrogens with one attached hydrogen (secondary N) is 2. The van der Waals surface area contributed by atoms with Crippen LogP contribution >= 0.6 is 0 Å². The van der Waals surface area contributed by atoms with Gasteiger partial charge in [-0.2, -0.15) is 0 Å². The van der Waals surface area contributed by atoms with Crippen molar-refractivity contribution in [3.05, 3.63) is 27.9 Å². The molecule has 96 valence electrons. The minimum Gasteiger partial charge on any atom is -0.368 e. The largest absolute Gasteiger partial charge is 0.368 e. The maximum atomic E-state index is 11.0. The number of hydrogen-bond acceptors (Lipinski definition) is 5. The topological polar surface area (TPSA) is 97.2 Å². The molecule has 0 radical (unpaired) electrons. The van der Waals surface area contributed by atoms with Gasteiger partial charge in [0.25, 0.3) is 5.69 Å². The van der Waals surface area contributed by atoms with Crippen molar-refractivity contribution in [3.8, 4) is 0 Å². The third-order valence-corrected chi connectivity index (χ3v) is 2.89. The van der Waals surface area contributed by atoms with E-state index in [0.717, 1.165) is 6.42 Å². The summed E-state index contributed by atoms with van der Waals surface area (Å²) in [5, 5.41) is 16.5. The molecule has 2 rings (SSSR count). The van der Waals surface area contributed by atoms with E-state index in [0.29, 0.717) is 24.3 Å². The van der Waals surface area contributed by atoms with Crippen molar-refractivity contribution >= 4 is 17.4 Å². The number of aromatic nitrogens is 1. The van der Waals surface area contributed by atoms with Crippen LogP contribution in [0.4, 0.5) is 11.5 Å². The Hall–Kier alpha value is -2.18. The first kappa shape index (κ1) is 12.3. The van der Waals surface area contributed by atoms with Crippen molar-refractivity contribution in [2.24, 2.45) is 0 Å². The zero-order valence-corrected chi connectivity index (χ0v) is 9.97. The maximum absolute atomic E-state index is 11.0. The number of amides is 1. The predicted molar refractivity (Wildman–Crippen MR) is 65.3 cm³/mol. The molecule has 1 unspecified atom stereocenters. The predicted octanol–water partition coefficient (Wildman–Crippen LogP) is 0.989. The van der Waals surface area contributed by atoms with Crippen molar-refractivity contribution in [1.29, 1.82) is 0 Å². The number of rotatable bonds is 4. The Morgan fingerprint density at radius 1 is 1.67 bits per heavy atom. The molecular weight excluding hydrogens is 236 g/mol. The molecule has 2 heterocycles. The number of aryl methyl sites for hydroxylation is 1. The van der Waals surface area contributed by atoms with E-state index in [2.05, 4.69) is 15.6 Å². The van der Waals surface area contributed by atoms with Gasteiger partial charge in [-0.15, -0.1) is 0 Å². The molecule has 1 aromatic heterocycles. The number of pyridine rings is 1. The lowest BCUT2D eigenvalue weighted by Crippen LogP contribution is -2.31. The monoisotopic (exact) mass is 250 g/mol. The summed E-state index contributed by atoms with van der Waals surface area (Å²) in [7, 11) is 0. The maximum Gasteiger partial charge on any atom is 0.290 e. The molecule has 0 saturated carbocycles. The quantitative estimate of drug-likeness (QED) is 0.613. The Balaban J connectivity index is 1.96. The van der Waals surface area contributed by atoms with Crippen LogP contribution in [0.1, 0.15) is 18.4 Å². The van der Waals surface area contributed by atoms with Crippen LogP contribution in [0.15, 0.2) is 12.3 Å². The zero-order chi connectivity index (χ0) is 13.1. The van der Waals surface area contributed by atoms with Gasteiger partial charge in [0.1, 0.15) is 12.0 Å². The average Bonchev–Trinajstić information content (AvgIpc) is 2.72. The fourth-order valence-corrected chi connectivity index (χ4v) is 1.89. The van der Waals surface area contributed by atoms with E-state index in [1.54, 1.807) is 13.0 Å². The molecule has 1 atom stereocenters. The summed E-state index contributed by atoms with van der Waals surface area (Å²) in [6.45, 7) is 2.25. The van der Waals surface area contributed by atoms with Gasteiger partial charge in [-0.25, -0.2) is 4.98 Å². The number of hydrogen-bond donors (Lipinski definition) is 2. The molecule has 2 N–H and O–H groups in total. The molecule has 1 fully saturated rings. The molecule has 7 heteroatoms. The van der Waals surface area contributed by atoms with Gasteiger partial charge < -0.3 is 10.6 Å². The van der Waals surface area contributed by atoms with E-state index >= 15 is 0 Å². The average molecular weight is 250 g/mol. The fourth-order valence-electron chi connectivity index (χ4n) is 1.89. The molecular formula is C11H14N4O3. The highest BCUT2D eigenvalue weighted by Gasteiger charge is 2.20. The van der Waals surface area contributed by atoms with Crippen molar-refractivity contribution in [3.63, 3.8) is 0 Å². The first-order valence-corrected chi connectivity index (χ1v) is 5.70. The van der Waals surface area contributed by atoms with Crippen molar-refractivity contribution in [1.82, 2.24) is 10.3 Å². The molecule has 0 spiro atoms. The summed E-state index contributed by atoms with van der Waals surface area (Å²) < 4.78 is 0. The highest BCUT2D eigenvalue weighted by atomic mass is 16.6. The first-order valence-electron chi connectivity index (χ1n) is 5.70. The van der Waals surface area contributed by atoms with Crippen LogP contribution in [0.2, 0.25) is 0 Å². The second-order valence-corrected chi connectivity index (χ2v) is 4.30. The molecule has 0 aliphatic carbocycles. The van der Waals surface area contributed by atoms with Crippen LogP contribution in [-0.2, 0) is 4.79 Å². The number of nitro groups is 1. The van der Waals surface area contributed by atoms with E-state index in [-0.39, 0.29) is 17.6 Å². The Bertz CT molecular complexity index is 489. The molecule has 0 bridgehead atoms. The smallest absolute Gasteiger partial charge is 0.290 e. The van der Waals surface area contributed by atoms with Crippen LogP contribution in [0.3, 0.4) is 0 Å². The van der Waals surface area contributed by atoms with Crippen LogP contribution in [0.5, 0.6) is 0 Å². The molecule has 0 aromatic carbocycles. The van der Waals surface area contributed by atoms with E-state index in [1.165, 1.54) is 6.20 Å². The van der Waals surface area contributed by atoms with Gasteiger partial charge in [0.05, 0.1) is 4.92 Å². The van der Waals surface area contributed by atoms with E-state index in [1.807, 2.05) is 0 Å². The lowest BCUT2D eigenvalue weighted by atomic mass is 10.2. The lowest BCUT2D eigenvalue weighted by Gasteiger charge is -2.11. The third kappa shape index (κ3) is 2.73. The van der Waals surface area contributed by atoms with Crippen LogP contribution in [0, 0.1) is 17.0 Å². The van der Waals surface area contributed by atoms with Crippen molar-refractivity contribution in [2.75, 3.05) is 11.9 Å². The van der Waals surface area contributed by atoms with Crippen molar-refractivity contribution < 1.29 is 9.72 Å². The third-order valence-electron chi connectivity index (χ3n) is 2.89. The first-order chi connectivity index (χ1) is 8.56.